The topological polar surface area (TPSA) is 66.6 Å². The lowest BCUT2D eigenvalue weighted by atomic mass is 9.99. The first kappa shape index (κ1) is 21.0. The zero-order valence-electron chi connectivity index (χ0n) is 16.7. The zero-order valence-corrected chi connectivity index (χ0v) is 16.7. The molecule has 0 aliphatic carbocycles. The van der Waals surface area contributed by atoms with Crippen molar-refractivity contribution in [3.05, 3.63) is 35.4 Å². The maximum Gasteiger partial charge on any atom is 0.253 e. The number of nitrogens with two attached hydrogens (primary N) is 1. The van der Waals surface area contributed by atoms with Crippen LogP contribution in [-0.2, 0) is 4.79 Å². The second kappa shape index (κ2) is 10.1. The van der Waals surface area contributed by atoms with Gasteiger partial charge in [-0.05, 0) is 44.5 Å². The van der Waals surface area contributed by atoms with E-state index in [9.17, 15) is 9.59 Å². The van der Waals surface area contributed by atoms with Crippen LogP contribution in [0.4, 0.5) is 0 Å². The lowest BCUT2D eigenvalue weighted by molar-refractivity contribution is -0.121. The second-order valence-corrected chi connectivity index (χ2v) is 7.39. The van der Waals surface area contributed by atoms with Crippen LogP contribution < -0.4 is 5.73 Å². The fourth-order valence-electron chi connectivity index (χ4n) is 3.29. The Kier molecular flexibility index (Phi) is 7.87. The Morgan fingerprint density at radius 2 is 1.74 bits per heavy atom. The van der Waals surface area contributed by atoms with Crippen LogP contribution in [0, 0.1) is 17.8 Å². The summed E-state index contributed by atoms with van der Waals surface area (Å²) in [4.78, 5) is 28.3. The molecule has 0 aromatic heterocycles. The molecular formula is C22H31N3O2. The van der Waals surface area contributed by atoms with Gasteiger partial charge in [0.25, 0.3) is 5.91 Å². The number of hydrogen-bond acceptors (Lipinski definition) is 3. The summed E-state index contributed by atoms with van der Waals surface area (Å²) in [5, 5.41) is 0. The van der Waals surface area contributed by atoms with Gasteiger partial charge in [0, 0.05) is 55.7 Å². The van der Waals surface area contributed by atoms with Crippen molar-refractivity contribution < 1.29 is 9.59 Å². The third kappa shape index (κ3) is 6.11. The van der Waals surface area contributed by atoms with E-state index in [1.165, 1.54) is 0 Å². The van der Waals surface area contributed by atoms with Crippen LogP contribution in [0.5, 0.6) is 0 Å². The molecule has 0 bridgehead atoms. The van der Waals surface area contributed by atoms with E-state index in [4.69, 9.17) is 5.73 Å². The minimum atomic E-state index is -0.287. The van der Waals surface area contributed by atoms with E-state index in [1.54, 1.807) is 0 Å². The fraction of sp³-hybridized carbons (Fsp3) is 0.545. The smallest absolute Gasteiger partial charge is 0.253 e. The van der Waals surface area contributed by atoms with Gasteiger partial charge in [0.2, 0.25) is 5.91 Å². The molecule has 5 heteroatoms. The van der Waals surface area contributed by atoms with Crippen molar-refractivity contribution in [3.8, 4) is 11.8 Å². The Labute approximate surface area is 162 Å². The average molecular weight is 370 g/mol. The molecule has 1 heterocycles. The Morgan fingerprint density at radius 3 is 2.26 bits per heavy atom. The maximum absolute atomic E-state index is 12.7. The molecule has 2 N–H and O–H groups in total. The van der Waals surface area contributed by atoms with Crippen molar-refractivity contribution in [1.29, 1.82) is 0 Å². The monoisotopic (exact) mass is 369 g/mol. The van der Waals surface area contributed by atoms with Crippen molar-refractivity contribution in [2.75, 3.05) is 26.2 Å². The van der Waals surface area contributed by atoms with E-state index in [-0.39, 0.29) is 17.7 Å². The number of piperazine rings is 1. The largest absolute Gasteiger partial charge is 0.369 e. The van der Waals surface area contributed by atoms with Gasteiger partial charge >= 0.3 is 0 Å². The quantitative estimate of drug-likeness (QED) is 0.784. The number of carbonyl (C=O) groups is 2. The molecule has 146 valence electrons. The van der Waals surface area contributed by atoms with Gasteiger partial charge in [-0.2, -0.15) is 0 Å². The standard InChI is InChI=1S/C22H31N3O2/c1-4-6-19(21(23)26)8-5-7-18-9-11-20(12-10-18)22(27)25-15-13-24(14-16-25)17(2)3/h9-12,17,19H,4,6,8,13-16H2,1-3H3,(H2,23,26). The first-order valence-corrected chi connectivity index (χ1v) is 9.84. The van der Waals surface area contributed by atoms with Crippen molar-refractivity contribution in [3.63, 3.8) is 0 Å². The number of rotatable bonds is 6. The molecular weight excluding hydrogens is 338 g/mol. The Morgan fingerprint density at radius 1 is 1.11 bits per heavy atom. The molecule has 0 spiro atoms. The molecule has 1 aromatic carbocycles. The first-order chi connectivity index (χ1) is 12.9. The highest BCUT2D eigenvalue weighted by atomic mass is 16.2. The summed E-state index contributed by atoms with van der Waals surface area (Å²) >= 11 is 0. The molecule has 1 unspecified atom stereocenters. The van der Waals surface area contributed by atoms with Gasteiger partial charge in [0.1, 0.15) is 0 Å². The molecule has 2 rings (SSSR count). The van der Waals surface area contributed by atoms with E-state index in [2.05, 4.69) is 30.6 Å². The highest BCUT2D eigenvalue weighted by molar-refractivity contribution is 5.94. The SMILES string of the molecule is CCCC(CC#Cc1ccc(C(=O)N2CCN(C(C)C)CC2)cc1)C(N)=O. The van der Waals surface area contributed by atoms with Crippen LogP contribution >= 0.6 is 0 Å². The maximum atomic E-state index is 12.7. The summed E-state index contributed by atoms with van der Waals surface area (Å²) in [6.45, 7) is 9.78. The molecule has 0 saturated carbocycles. The minimum Gasteiger partial charge on any atom is -0.369 e. The predicted molar refractivity (Wildman–Crippen MR) is 108 cm³/mol. The van der Waals surface area contributed by atoms with Gasteiger partial charge in [0.15, 0.2) is 0 Å². The highest BCUT2D eigenvalue weighted by Crippen LogP contribution is 2.12. The number of benzene rings is 1. The summed E-state index contributed by atoms with van der Waals surface area (Å²) in [6, 6.07) is 7.91. The van der Waals surface area contributed by atoms with Crippen LogP contribution in [-0.4, -0.2) is 53.8 Å². The highest BCUT2D eigenvalue weighted by Gasteiger charge is 2.23. The van der Waals surface area contributed by atoms with Crippen LogP contribution in [0.2, 0.25) is 0 Å². The molecule has 1 saturated heterocycles. The third-order valence-corrected chi connectivity index (χ3v) is 5.08. The van der Waals surface area contributed by atoms with Gasteiger partial charge in [-0.25, -0.2) is 0 Å². The zero-order chi connectivity index (χ0) is 19.8. The predicted octanol–water partition coefficient (Wildman–Crippen LogP) is 2.50. The molecule has 5 nitrogen and oxygen atoms in total. The van der Waals surface area contributed by atoms with Crippen molar-refractivity contribution in [2.24, 2.45) is 11.7 Å². The number of nitrogens with zero attached hydrogens (tertiary/aromatic N) is 2. The number of carbonyl (C=O) groups excluding carboxylic acids is 2. The summed E-state index contributed by atoms with van der Waals surface area (Å²) in [6.07, 6.45) is 2.16. The number of amides is 2. The Balaban J connectivity index is 1.92. The van der Waals surface area contributed by atoms with E-state index in [0.29, 0.717) is 18.0 Å². The van der Waals surface area contributed by atoms with Crippen molar-refractivity contribution >= 4 is 11.8 Å². The van der Waals surface area contributed by atoms with Crippen LogP contribution in [0.25, 0.3) is 0 Å². The Bertz CT molecular complexity index is 693. The molecule has 1 aliphatic heterocycles. The molecule has 2 amide bonds. The summed E-state index contributed by atoms with van der Waals surface area (Å²) in [7, 11) is 0. The first-order valence-electron chi connectivity index (χ1n) is 9.84. The lowest BCUT2D eigenvalue weighted by Gasteiger charge is -2.37. The summed E-state index contributed by atoms with van der Waals surface area (Å²) in [5.41, 5.74) is 6.94. The molecule has 1 atom stereocenters. The van der Waals surface area contributed by atoms with E-state index < -0.39 is 0 Å². The van der Waals surface area contributed by atoms with Crippen LogP contribution in [0.15, 0.2) is 24.3 Å². The lowest BCUT2D eigenvalue weighted by Crippen LogP contribution is -2.50. The normalized spacial score (nSPS) is 15.9. The van der Waals surface area contributed by atoms with E-state index in [0.717, 1.165) is 44.6 Å². The second-order valence-electron chi connectivity index (χ2n) is 7.39. The molecule has 1 aromatic rings. The van der Waals surface area contributed by atoms with Crippen molar-refractivity contribution in [2.45, 2.75) is 46.1 Å². The van der Waals surface area contributed by atoms with Gasteiger partial charge in [-0.3, -0.25) is 14.5 Å². The van der Waals surface area contributed by atoms with Crippen molar-refractivity contribution in [1.82, 2.24) is 9.80 Å². The number of primary amides is 1. The van der Waals surface area contributed by atoms with Gasteiger partial charge in [0.05, 0.1) is 0 Å². The number of hydrogen-bond donors (Lipinski definition) is 1. The summed E-state index contributed by atoms with van der Waals surface area (Å²) < 4.78 is 0. The molecule has 1 aliphatic rings. The van der Waals surface area contributed by atoms with Gasteiger partial charge < -0.3 is 10.6 Å². The van der Waals surface area contributed by atoms with Gasteiger partial charge in [-0.1, -0.05) is 25.2 Å². The molecule has 1 fully saturated rings. The third-order valence-electron chi connectivity index (χ3n) is 5.08. The summed E-state index contributed by atoms with van der Waals surface area (Å²) in [5.74, 6) is 5.71. The molecule has 27 heavy (non-hydrogen) atoms. The van der Waals surface area contributed by atoms with Gasteiger partial charge in [-0.15, -0.1) is 0 Å². The van der Waals surface area contributed by atoms with Crippen LogP contribution in [0.3, 0.4) is 0 Å². The molecule has 0 radical (unpaired) electrons. The van der Waals surface area contributed by atoms with E-state index in [1.807, 2.05) is 36.1 Å². The van der Waals surface area contributed by atoms with Crippen LogP contribution in [0.1, 0.15) is 56.0 Å². The average Bonchev–Trinajstić information content (AvgIpc) is 2.67. The Hall–Kier alpha value is -2.32. The minimum absolute atomic E-state index is 0.0784. The van der Waals surface area contributed by atoms with E-state index >= 15 is 0 Å². The fourth-order valence-corrected chi connectivity index (χ4v) is 3.29.